The molecular weight excluding hydrogens is 464 g/mol. The molecule has 2 aromatic heterocycles. The summed E-state index contributed by atoms with van der Waals surface area (Å²) in [4.78, 5) is 42.9. The first-order valence-electron chi connectivity index (χ1n) is 11.1. The maximum absolute atomic E-state index is 12.9. The number of methoxy groups -OCH3 is 1. The molecule has 12 heteroatoms. The van der Waals surface area contributed by atoms with E-state index >= 15 is 0 Å². The van der Waals surface area contributed by atoms with E-state index in [2.05, 4.69) is 37.6 Å². The molecular formula is C24H24N8O4. The van der Waals surface area contributed by atoms with Gasteiger partial charge in [-0.15, -0.1) is 10.2 Å². The van der Waals surface area contributed by atoms with E-state index < -0.39 is 12.1 Å². The van der Waals surface area contributed by atoms with E-state index in [9.17, 15) is 14.4 Å². The monoisotopic (exact) mass is 488 g/mol. The van der Waals surface area contributed by atoms with Crippen LogP contribution in [0, 0.1) is 11.8 Å². The van der Waals surface area contributed by atoms with Gasteiger partial charge < -0.3 is 15.0 Å². The van der Waals surface area contributed by atoms with Crippen LogP contribution in [0.3, 0.4) is 0 Å². The second kappa shape index (κ2) is 10.6. The predicted octanol–water partition coefficient (Wildman–Crippen LogP) is 1.16. The molecule has 0 saturated carbocycles. The lowest BCUT2D eigenvalue weighted by Gasteiger charge is -2.21. The van der Waals surface area contributed by atoms with Crippen LogP contribution < -0.4 is 15.4 Å². The van der Waals surface area contributed by atoms with Gasteiger partial charge in [-0.3, -0.25) is 19.9 Å². The summed E-state index contributed by atoms with van der Waals surface area (Å²) in [5, 5.41) is 17.1. The van der Waals surface area contributed by atoms with E-state index in [0.29, 0.717) is 34.8 Å². The summed E-state index contributed by atoms with van der Waals surface area (Å²) in [6.45, 7) is 4.35. The summed E-state index contributed by atoms with van der Waals surface area (Å²) in [6.07, 6.45) is 3.44. The highest BCUT2D eigenvalue weighted by molar-refractivity contribution is 5.98. The maximum Gasteiger partial charge on any atom is 0.322 e. The van der Waals surface area contributed by atoms with E-state index in [-0.39, 0.29) is 24.9 Å². The summed E-state index contributed by atoms with van der Waals surface area (Å²) in [7, 11) is 1.53. The number of carbonyl (C=O) groups excluding carboxylic acids is 3. The van der Waals surface area contributed by atoms with Crippen molar-refractivity contribution in [1.29, 1.82) is 0 Å². The van der Waals surface area contributed by atoms with Crippen LogP contribution in [0.25, 0.3) is 11.4 Å². The summed E-state index contributed by atoms with van der Waals surface area (Å²) in [5.41, 5.74) is 2.58. The average molecular weight is 489 g/mol. The van der Waals surface area contributed by atoms with Crippen molar-refractivity contribution >= 4 is 18.3 Å². The number of rotatable bonds is 7. The zero-order valence-corrected chi connectivity index (χ0v) is 19.9. The highest BCUT2D eigenvalue weighted by atomic mass is 16.5. The van der Waals surface area contributed by atoms with Gasteiger partial charge >= 0.3 is 6.03 Å². The molecule has 0 aliphatic carbocycles. The number of benzene rings is 1. The van der Waals surface area contributed by atoms with Gasteiger partial charge in [-0.05, 0) is 42.8 Å². The third-order valence-corrected chi connectivity index (χ3v) is 5.37. The molecule has 4 amide bonds. The topological polar surface area (TPSA) is 144 Å². The van der Waals surface area contributed by atoms with Crippen molar-refractivity contribution in [2.24, 2.45) is 0 Å². The first-order chi connectivity index (χ1) is 17.4. The number of ether oxygens (including phenoxy) is 1. The zero-order chi connectivity index (χ0) is 25.7. The Bertz CT molecular complexity index is 1360. The first kappa shape index (κ1) is 24.3. The molecule has 0 bridgehead atoms. The number of imide groups is 1. The zero-order valence-electron chi connectivity index (χ0n) is 19.9. The standard InChI is InChI=1S/C24H24N8O4/c1-15(2)32-29-22(28-30-32)18-8-16(10-25-11-18)4-6-19(27-24(35)26-14-33)13-31-12-17-5-7-20(36-3)9-21(17)23(31)34/h5,7-11,14-15,19H,12-13H2,1-3H3,(H2,26,27,33,35)/t19-/m1/s1. The third-order valence-electron chi connectivity index (χ3n) is 5.37. The summed E-state index contributed by atoms with van der Waals surface area (Å²) in [5.74, 6) is 6.74. The number of pyridine rings is 1. The summed E-state index contributed by atoms with van der Waals surface area (Å²) >= 11 is 0. The molecule has 36 heavy (non-hydrogen) atoms. The number of carbonyl (C=O) groups is 3. The molecule has 3 aromatic rings. The first-order valence-corrected chi connectivity index (χ1v) is 11.1. The molecule has 0 fully saturated rings. The van der Waals surface area contributed by atoms with Gasteiger partial charge in [-0.25, -0.2) is 4.79 Å². The molecule has 2 N–H and O–H groups in total. The fourth-order valence-electron chi connectivity index (χ4n) is 3.58. The number of fused-ring (bicyclic) bond motifs is 1. The maximum atomic E-state index is 12.9. The number of tetrazole rings is 1. The Hall–Kier alpha value is -4.79. The van der Waals surface area contributed by atoms with Gasteiger partial charge in [0.15, 0.2) is 0 Å². The average Bonchev–Trinajstić information content (AvgIpc) is 3.48. The molecule has 3 heterocycles. The molecule has 184 valence electrons. The highest BCUT2D eigenvalue weighted by Gasteiger charge is 2.29. The number of hydrogen-bond donors (Lipinski definition) is 2. The van der Waals surface area contributed by atoms with Gasteiger partial charge in [-0.2, -0.15) is 4.80 Å². The van der Waals surface area contributed by atoms with Crippen molar-refractivity contribution in [3.63, 3.8) is 0 Å². The number of hydrogen-bond acceptors (Lipinski definition) is 8. The second-order valence-electron chi connectivity index (χ2n) is 8.26. The number of urea groups is 1. The molecule has 0 unspecified atom stereocenters. The lowest BCUT2D eigenvalue weighted by molar-refractivity contribution is -0.108. The van der Waals surface area contributed by atoms with Gasteiger partial charge in [-0.1, -0.05) is 17.9 Å². The van der Waals surface area contributed by atoms with Gasteiger partial charge in [0.1, 0.15) is 11.8 Å². The van der Waals surface area contributed by atoms with Crippen LogP contribution in [0.15, 0.2) is 36.7 Å². The normalized spacial score (nSPS) is 13.0. The Morgan fingerprint density at radius 2 is 2.11 bits per heavy atom. The van der Waals surface area contributed by atoms with Crippen molar-refractivity contribution in [2.45, 2.75) is 32.5 Å². The van der Waals surface area contributed by atoms with Crippen molar-refractivity contribution in [3.05, 3.63) is 53.3 Å². The van der Waals surface area contributed by atoms with Gasteiger partial charge in [0.25, 0.3) is 5.91 Å². The summed E-state index contributed by atoms with van der Waals surface area (Å²) in [6, 6.07) is 5.63. The number of aromatic nitrogens is 5. The van der Waals surface area contributed by atoms with Gasteiger partial charge in [0.05, 0.1) is 19.7 Å². The van der Waals surface area contributed by atoms with E-state index in [4.69, 9.17) is 4.74 Å². The van der Waals surface area contributed by atoms with Crippen LogP contribution in [0.4, 0.5) is 4.79 Å². The molecule has 1 aliphatic heterocycles. The molecule has 4 rings (SSSR count). The van der Waals surface area contributed by atoms with Crippen molar-refractivity contribution < 1.29 is 19.1 Å². The molecule has 1 atom stereocenters. The Balaban J connectivity index is 1.55. The molecule has 1 aromatic carbocycles. The Morgan fingerprint density at radius 3 is 2.83 bits per heavy atom. The minimum Gasteiger partial charge on any atom is -0.497 e. The quantitative estimate of drug-likeness (QED) is 0.372. The lowest BCUT2D eigenvalue weighted by atomic mass is 10.1. The molecule has 0 radical (unpaired) electrons. The van der Waals surface area contributed by atoms with Crippen molar-refractivity contribution in [1.82, 2.24) is 40.7 Å². The summed E-state index contributed by atoms with van der Waals surface area (Å²) < 4.78 is 5.21. The number of nitrogens with one attached hydrogen (secondary N) is 2. The molecule has 12 nitrogen and oxygen atoms in total. The number of amides is 4. The van der Waals surface area contributed by atoms with Crippen LogP contribution in [0.5, 0.6) is 5.75 Å². The van der Waals surface area contributed by atoms with Crippen LogP contribution in [-0.4, -0.2) is 68.1 Å². The fraction of sp³-hybridized carbons (Fsp3) is 0.292. The Morgan fingerprint density at radius 1 is 1.28 bits per heavy atom. The van der Waals surface area contributed by atoms with Crippen LogP contribution in [0.2, 0.25) is 0 Å². The molecule has 0 spiro atoms. The Kier molecular flexibility index (Phi) is 7.20. The SMILES string of the molecule is COc1ccc2c(c1)C(=O)N(C[C@@H](C#Cc1cncc(-c3nnn(C(C)C)n3)c1)NC(=O)NC=O)C2. The van der Waals surface area contributed by atoms with Crippen molar-refractivity contribution in [3.8, 4) is 29.0 Å². The lowest BCUT2D eigenvalue weighted by Crippen LogP contribution is -2.46. The van der Waals surface area contributed by atoms with Gasteiger partial charge in [0.2, 0.25) is 12.2 Å². The predicted molar refractivity (Wildman–Crippen MR) is 128 cm³/mol. The minimum atomic E-state index is -0.770. The smallest absolute Gasteiger partial charge is 0.322 e. The Labute approximate surface area is 207 Å². The van der Waals surface area contributed by atoms with Crippen LogP contribution >= 0.6 is 0 Å². The number of nitrogens with zero attached hydrogens (tertiary/aromatic N) is 6. The van der Waals surface area contributed by atoms with Crippen molar-refractivity contribution in [2.75, 3.05) is 13.7 Å². The van der Waals surface area contributed by atoms with Crippen LogP contribution in [0.1, 0.15) is 41.4 Å². The minimum absolute atomic E-state index is 0.0621. The van der Waals surface area contributed by atoms with E-state index in [1.165, 1.54) is 11.9 Å². The highest BCUT2D eigenvalue weighted by Crippen LogP contribution is 2.26. The van der Waals surface area contributed by atoms with Crippen LogP contribution in [-0.2, 0) is 11.3 Å². The fourth-order valence-corrected chi connectivity index (χ4v) is 3.58. The third kappa shape index (κ3) is 5.47. The largest absolute Gasteiger partial charge is 0.497 e. The second-order valence-corrected chi connectivity index (χ2v) is 8.26. The molecule has 1 aliphatic rings. The van der Waals surface area contributed by atoms with E-state index in [1.54, 1.807) is 35.5 Å². The van der Waals surface area contributed by atoms with E-state index in [0.717, 1.165) is 5.56 Å². The molecule has 0 saturated heterocycles. The van der Waals surface area contributed by atoms with Gasteiger partial charge in [0, 0.05) is 35.6 Å². The van der Waals surface area contributed by atoms with E-state index in [1.807, 2.05) is 25.2 Å².